The molecule has 0 bridgehead atoms. The molecule has 6 nitrogen and oxygen atoms in total. The van der Waals surface area contributed by atoms with Crippen molar-refractivity contribution in [3.63, 3.8) is 0 Å². The number of ether oxygens (including phenoxy) is 1. The molecule has 2 heterocycles. The average Bonchev–Trinajstić information content (AvgIpc) is 2.89. The first-order valence-corrected chi connectivity index (χ1v) is 6.63. The van der Waals surface area contributed by atoms with E-state index in [9.17, 15) is 9.59 Å². The molecule has 0 aliphatic carbocycles. The summed E-state index contributed by atoms with van der Waals surface area (Å²) in [5, 5.41) is 4.03. The Morgan fingerprint density at radius 3 is 2.95 bits per heavy atom. The van der Waals surface area contributed by atoms with Gasteiger partial charge in [0, 0.05) is 38.0 Å². The Hall–Kier alpha value is -2.11. The molecule has 6 heteroatoms. The Bertz CT molecular complexity index is 521. The fourth-order valence-electron chi connectivity index (χ4n) is 2.34. The first-order chi connectivity index (χ1) is 9.60. The minimum atomic E-state index is -0.237. The summed E-state index contributed by atoms with van der Waals surface area (Å²) in [5.74, 6) is -0.523. The van der Waals surface area contributed by atoms with Crippen molar-refractivity contribution in [3.8, 4) is 0 Å². The molecule has 0 saturated carbocycles. The molecule has 0 radical (unpaired) electrons. The molecule has 1 aliphatic rings. The highest BCUT2D eigenvalue weighted by atomic mass is 16.5. The summed E-state index contributed by atoms with van der Waals surface area (Å²) in [7, 11) is 3.20. The molecule has 1 atom stereocenters. The number of methoxy groups -OCH3 is 1. The topological polar surface area (TPSA) is 64.4 Å². The molecule has 1 aromatic rings. The maximum Gasteiger partial charge on any atom is 0.310 e. The van der Waals surface area contributed by atoms with Crippen LogP contribution < -0.4 is 0 Å². The highest BCUT2D eigenvalue weighted by Gasteiger charge is 2.28. The van der Waals surface area contributed by atoms with Crippen LogP contribution in [-0.2, 0) is 21.4 Å². The van der Waals surface area contributed by atoms with Crippen molar-refractivity contribution in [2.24, 2.45) is 13.0 Å². The number of rotatable bonds is 3. The summed E-state index contributed by atoms with van der Waals surface area (Å²) < 4.78 is 6.42. The summed E-state index contributed by atoms with van der Waals surface area (Å²) in [6, 6.07) is 0. The largest absolute Gasteiger partial charge is 0.469 e. The zero-order chi connectivity index (χ0) is 14.5. The van der Waals surface area contributed by atoms with Crippen molar-refractivity contribution in [2.75, 3.05) is 20.2 Å². The van der Waals surface area contributed by atoms with Gasteiger partial charge >= 0.3 is 5.97 Å². The van der Waals surface area contributed by atoms with Gasteiger partial charge in [-0.3, -0.25) is 14.3 Å². The lowest BCUT2D eigenvalue weighted by Gasteiger charge is -2.30. The van der Waals surface area contributed by atoms with E-state index in [1.165, 1.54) is 13.2 Å². The molecule has 0 spiro atoms. The van der Waals surface area contributed by atoms with Crippen LogP contribution in [-0.4, -0.2) is 46.8 Å². The smallest absolute Gasteiger partial charge is 0.310 e. The minimum Gasteiger partial charge on any atom is -0.469 e. The zero-order valence-corrected chi connectivity index (χ0v) is 11.8. The lowest BCUT2D eigenvalue weighted by atomic mass is 9.98. The van der Waals surface area contributed by atoms with Crippen LogP contribution in [0.5, 0.6) is 0 Å². The van der Waals surface area contributed by atoms with Crippen molar-refractivity contribution >= 4 is 18.0 Å². The number of likely N-dealkylation sites (tertiary alicyclic amines) is 1. The molecular weight excluding hydrogens is 258 g/mol. The van der Waals surface area contributed by atoms with Crippen molar-refractivity contribution in [3.05, 3.63) is 24.0 Å². The third-order valence-electron chi connectivity index (χ3n) is 3.41. The number of hydrogen-bond donors (Lipinski definition) is 0. The number of aromatic nitrogens is 2. The standard InChI is InChI=1S/C14H19N3O3/c1-16-9-11(8-15-16)5-6-13(18)17-7-3-4-12(10-17)14(19)20-2/h5-6,8-9,12H,3-4,7,10H2,1-2H3/b6-5+/t12-/m0/s1. The average molecular weight is 277 g/mol. The van der Waals surface area contributed by atoms with Crippen LogP contribution in [0.15, 0.2) is 18.5 Å². The highest BCUT2D eigenvalue weighted by molar-refractivity contribution is 5.92. The second-order valence-corrected chi connectivity index (χ2v) is 4.93. The van der Waals surface area contributed by atoms with Crippen molar-refractivity contribution < 1.29 is 14.3 Å². The summed E-state index contributed by atoms with van der Waals surface area (Å²) in [6.07, 6.45) is 8.39. The second kappa shape index (κ2) is 6.36. The first-order valence-electron chi connectivity index (χ1n) is 6.63. The van der Waals surface area contributed by atoms with E-state index in [2.05, 4.69) is 5.10 Å². The molecule has 20 heavy (non-hydrogen) atoms. The Morgan fingerprint density at radius 1 is 1.50 bits per heavy atom. The van der Waals surface area contributed by atoms with Gasteiger partial charge in [-0.05, 0) is 18.9 Å². The second-order valence-electron chi connectivity index (χ2n) is 4.93. The predicted molar refractivity (Wildman–Crippen MR) is 73.6 cm³/mol. The third-order valence-corrected chi connectivity index (χ3v) is 3.41. The lowest BCUT2D eigenvalue weighted by molar-refractivity contribution is -0.148. The SMILES string of the molecule is COC(=O)[C@H]1CCCN(C(=O)/C=C/c2cnn(C)c2)C1. The number of esters is 1. The van der Waals surface area contributed by atoms with E-state index in [0.29, 0.717) is 13.1 Å². The first kappa shape index (κ1) is 14.3. The van der Waals surface area contributed by atoms with Crippen LogP contribution in [0.2, 0.25) is 0 Å². The van der Waals surface area contributed by atoms with Gasteiger partial charge in [-0.25, -0.2) is 0 Å². The fourth-order valence-corrected chi connectivity index (χ4v) is 2.34. The number of amides is 1. The Labute approximate surface area is 118 Å². The monoisotopic (exact) mass is 277 g/mol. The molecular formula is C14H19N3O3. The van der Waals surface area contributed by atoms with Gasteiger partial charge in [-0.15, -0.1) is 0 Å². The lowest BCUT2D eigenvalue weighted by Crippen LogP contribution is -2.41. The zero-order valence-electron chi connectivity index (χ0n) is 11.8. The summed E-state index contributed by atoms with van der Waals surface area (Å²) in [4.78, 5) is 25.3. The van der Waals surface area contributed by atoms with E-state index in [4.69, 9.17) is 4.74 Å². The van der Waals surface area contributed by atoms with Crippen LogP contribution in [0.1, 0.15) is 18.4 Å². The van der Waals surface area contributed by atoms with Crippen LogP contribution >= 0.6 is 0 Å². The van der Waals surface area contributed by atoms with Gasteiger partial charge in [-0.1, -0.05) is 0 Å². The molecule has 1 aromatic heterocycles. The molecule has 1 aliphatic heterocycles. The van der Waals surface area contributed by atoms with Crippen LogP contribution in [0.25, 0.3) is 6.08 Å². The molecule has 2 rings (SSSR count). The number of carbonyl (C=O) groups is 2. The van der Waals surface area contributed by atoms with E-state index in [1.807, 2.05) is 13.2 Å². The van der Waals surface area contributed by atoms with E-state index in [1.54, 1.807) is 21.9 Å². The van der Waals surface area contributed by atoms with E-state index >= 15 is 0 Å². The number of hydrogen-bond acceptors (Lipinski definition) is 4. The van der Waals surface area contributed by atoms with Gasteiger partial charge in [0.25, 0.3) is 0 Å². The number of nitrogens with zero attached hydrogens (tertiary/aromatic N) is 3. The van der Waals surface area contributed by atoms with Crippen molar-refractivity contribution in [1.29, 1.82) is 0 Å². The molecule has 1 amide bonds. The molecule has 0 N–H and O–H groups in total. The van der Waals surface area contributed by atoms with Gasteiger partial charge < -0.3 is 9.64 Å². The number of carbonyl (C=O) groups excluding carboxylic acids is 2. The summed E-state index contributed by atoms with van der Waals surface area (Å²) >= 11 is 0. The van der Waals surface area contributed by atoms with Crippen LogP contribution in [0.4, 0.5) is 0 Å². The summed E-state index contributed by atoms with van der Waals surface area (Å²) in [5.41, 5.74) is 0.877. The molecule has 0 aromatic carbocycles. The van der Waals surface area contributed by atoms with Gasteiger partial charge in [0.15, 0.2) is 0 Å². The van der Waals surface area contributed by atoms with Gasteiger partial charge in [0.2, 0.25) is 5.91 Å². The fraction of sp³-hybridized carbons (Fsp3) is 0.500. The van der Waals surface area contributed by atoms with Gasteiger partial charge in [0.1, 0.15) is 0 Å². The minimum absolute atomic E-state index is 0.0811. The van der Waals surface area contributed by atoms with Gasteiger partial charge in [-0.2, -0.15) is 5.10 Å². The number of aryl methyl sites for hydroxylation is 1. The van der Waals surface area contributed by atoms with Gasteiger partial charge in [0.05, 0.1) is 19.2 Å². The van der Waals surface area contributed by atoms with Crippen LogP contribution in [0.3, 0.4) is 0 Å². The highest BCUT2D eigenvalue weighted by Crippen LogP contribution is 2.18. The van der Waals surface area contributed by atoms with Crippen molar-refractivity contribution in [2.45, 2.75) is 12.8 Å². The third kappa shape index (κ3) is 3.46. The quantitative estimate of drug-likeness (QED) is 0.607. The molecule has 0 unspecified atom stereocenters. The Kier molecular flexibility index (Phi) is 4.55. The van der Waals surface area contributed by atoms with E-state index in [0.717, 1.165) is 18.4 Å². The van der Waals surface area contributed by atoms with Crippen molar-refractivity contribution in [1.82, 2.24) is 14.7 Å². The summed E-state index contributed by atoms with van der Waals surface area (Å²) in [6.45, 7) is 1.12. The van der Waals surface area contributed by atoms with E-state index < -0.39 is 0 Å². The number of piperidine rings is 1. The normalized spacial score (nSPS) is 19.3. The Morgan fingerprint density at radius 2 is 2.30 bits per heavy atom. The Balaban J connectivity index is 1.95. The maximum atomic E-state index is 12.1. The molecule has 108 valence electrons. The molecule has 1 fully saturated rings. The predicted octanol–water partition coefficient (Wildman–Crippen LogP) is 0.845. The van der Waals surface area contributed by atoms with Crippen LogP contribution in [0, 0.1) is 5.92 Å². The molecule has 1 saturated heterocycles. The maximum absolute atomic E-state index is 12.1. The van der Waals surface area contributed by atoms with E-state index in [-0.39, 0.29) is 17.8 Å².